The minimum absolute atomic E-state index is 0.0715. The van der Waals surface area contributed by atoms with Crippen LogP contribution in [0, 0.1) is 6.92 Å². The van der Waals surface area contributed by atoms with Crippen molar-refractivity contribution in [3.63, 3.8) is 0 Å². The summed E-state index contributed by atoms with van der Waals surface area (Å²) in [5.74, 6) is -0.290. The molecule has 4 rings (SSSR count). The zero-order chi connectivity index (χ0) is 21.3. The van der Waals surface area contributed by atoms with E-state index in [1.807, 2.05) is 31.2 Å². The standard InChI is InChI=1S/C21H17Cl2N5O2/c1-13-2-5-15(6-3-13)28-20-16(11-25-28)21(30)27(12-24-20)9-8-19(29)26-18-10-14(22)4-7-17(18)23/h2-7,10-12H,8-9H2,1H3,(H,26,29). The predicted molar refractivity (Wildman–Crippen MR) is 118 cm³/mol. The van der Waals surface area contributed by atoms with Crippen molar-refractivity contribution in [1.29, 1.82) is 0 Å². The fraction of sp³-hybridized carbons (Fsp3) is 0.143. The summed E-state index contributed by atoms with van der Waals surface area (Å²) >= 11 is 12.0. The number of rotatable bonds is 5. The topological polar surface area (TPSA) is 81.8 Å². The SMILES string of the molecule is Cc1ccc(-n2ncc3c(=O)n(CCC(=O)Nc4cc(Cl)ccc4Cl)cnc32)cc1. The second-order valence-electron chi connectivity index (χ2n) is 6.79. The van der Waals surface area contributed by atoms with E-state index >= 15 is 0 Å². The van der Waals surface area contributed by atoms with Crippen LogP contribution in [0.15, 0.2) is 59.8 Å². The van der Waals surface area contributed by atoms with Gasteiger partial charge in [-0.25, -0.2) is 9.67 Å². The summed E-state index contributed by atoms with van der Waals surface area (Å²) in [6.45, 7) is 2.17. The molecule has 2 aromatic carbocycles. The first-order valence-electron chi connectivity index (χ1n) is 9.17. The number of anilines is 1. The molecule has 4 aromatic rings. The van der Waals surface area contributed by atoms with Gasteiger partial charge in [0.05, 0.1) is 28.9 Å². The molecule has 0 unspecified atom stereocenters. The summed E-state index contributed by atoms with van der Waals surface area (Å²) in [4.78, 5) is 29.5. The summed E-state index contributed by atoms with van der Waals surface area (Å²) in [7, 11) is 0. The van der Waals surface area contributed by atoms with Gasteiger partial charge in [0.15, 0.2) is 5.65 Å². The van der Waals surface area contributed by atoms with Crippen molar-refractivity contribution in [2.24, 2.45) is 0 Å². The third-order valence-corrected chi connectivity index (χ3v) is 5.18. The number of amides is 1. The largest absolute Gasteiger partial charge is 0.325 e. The smallest absolute Gasteiger partial charge is 0.264 e. The lowest BCUT2D eigenvalue weighted by molar-refractivity contribution is -0.116. The van der Waals surface area contributed by atoms with Crippen LogP contribution in [0.3, 0.4) is 0 Å². The van der Waals surface area contributed by atoms with Crippen molar-refractivity contribution in [1.82, 2.24) is 19.3 Å². The molecular formula is C21H17Cl2N5O2. The molecule has 0 spiro atoms. The first-order chi connectivity index (χ1) is 14.4. The van der Waals surface area contributed by atoms with Gasteiger partial charge in [-0.2, -0.15) is 5.10 Å². The second-order valence-corrected chi connectivity index (χ2v) is 7.64. The maximum atomic E-state index is 12.8. The summed E-state index contributed by atoms with van der Waals surface area (Å²) in [6, 6.07) is 12.6. The number of benzene rings is 2. The molecule has 7 nitrogen and oxygen atoms in total. The quantitative estimate of drug-likeness (QED) is 0.502. The number of aryl methyl sites for hydroxylation is 2. The van der Waals surface area contributed by atoms with Gasteiger partial charge in [0.2, 0.25) is 5.91 Å². The number of hydrogen-bond acceptors (Lipinski definition) is 4. The van der Waals surface area contributed by atoms with Gasteiger partial charge in [-0.3, -0.25) is 14.2 Å². The highest BCUT2D eigenvalue weighted by molar-refractivity contribution is 6.35. The Balaban J connectivity index is 1.52. The summed E-state index contributed by atoms with van der Waals surface area (Å²) in [5.41, 5.74) is 2.58. The Kier molecular flexibility index (Phi) is 5.57. The van der Waals surface area contributed by atoms with E-state index in [0.717, 1.165) is 11.3 Å². The van der Waals surface area contributed by atoms with E-state index in [1.54, 1.807) is 22.9 Å². The Morgan fingerprint density at radius 1 is 1.13 bits per heavy atom. The molecule has 0 aliphatic carbocycles. The van der Waals surface area contributed by atoms with Gasteiger partial charge >= 0.3 is 0 Å². The molecule has 0 aliphatic rings. The molecule has 152 valence electrons. The second kappa shape index (κ2) is 8.30. The molecule has 0 saturated heterocycles. The molecule has 0 fully saturated rings. The van der Waals surface area contributed by atoms with Crippen molar-refractivity contribution in [2.45, 2.75) is 19.9 Å². The number of carbonyl (C=O) groups excluding carboxylic acids is 1. The molecule has 0 saturated carbocycles. The van der Waals surface area contributed by atoms with Crippen LogP contribution in [-0.4, -0.2) is 25.2 Å². The fourth-order valence-corrected chi connectivity index (χ4v) is 3.35. The van der Waals surface area contributed by atoms with Crippen LogP contribution in [0.4, 0.5) is 5.69 Å². The lowest BCUT2D eigenvalue weighted by Gasteiger charge is -2.09. The van der Waals surface area contributed by atoms with Gasteiger partial charge in [0.25, 0.3) is 5.56 Å². The van der Waals surface area contributed by atoms with Crippen molar-refractivity contribution >= 4 is 45.8 Å². The number of carbonyl (C=O) groups is 1. The molecule has 2 aromatic heterocycles. The first-order valence-corrected chi connectivity index (χ1v) is 9.93. The Morgan fingerprint density at radius 3 is 2.67 bits per heavy atom. The molecule has 30 heavy (non-hydrogen) atoms. The lowest BCUT2D eigenvalue weighted by Crippen LogP contribution is -2.23. The maximum Gasteiger partial charge on any atom is 0.264 e. The van der Waals surface area contributed by atoms with E-state index in [1.165, 1.54) is 17.1 Å². The zero-order valence-electron chi connectivity index (χ0n) is 16.0. The van der Waals surface area contributed by atoms with Crippen molar-refractivity contribution in [3.8, 4) is 5.69 Å². The van der Waals surface area contributed by atoms with Gasteiger partial charge < -0.3 is 5.32 Å². The molecule has 0 aliphatic heterocycles. The fourth-order valence-electron chi connectivity index (χ4n) is 3.01. The highest BCUT2D eigenvalue weighted by Crippen LogP contribution is 2.25. The summed E-state index contributed by atoms with van der Waals surface area (Å²) in [6.07, 6.45) is 2.99. The van der Waals surface area contributed by atoms with E-state index in [4.69, 9.17) is 23.2 Å². The number of fused-ring (bicyclic) bond motifs is 1. The van der Waals surface area contributed by atoms with Gasteiger partial charge in [0.1, 0.15) is 5.39 Å². The van der Waals surface area contributed by atoms with E-state index in [-0.39, 0.29) is 24.4 Å². The average Bonchev–Trinajstić information content (AvgIpc) is 3.16. The first kappa shape index (κ1) is 20.1. The monoisotopic (exact) mass is 441 g/mol. The highest BCUT2D eigenvalue weighted by atomic mass is 35.5. The number of hydrogen-bond donors (Lipinski definition) is 1. The van der Waals surface area contributed by atoms with Crippen molar-refractivity contribution in [3.05, 3.63) is 81.0 Å². The van der Waals surface area contributed by atoms with Crippen LogP contribution >= 0.6 is 23.2 Å². The highest BCUT2D eigenvalue weighted by Gasteiger charge is 2.13. The van der Waals surface area contributed by atoms with Crippen LogP contribution in [0.1, 0.15) is 12.0 Å². The van der Waals surface area contributed by atoms with Crippen LogP contribution in [0.5, 0.6) is 0 Å². The van der Waals surface area contributed by atoms with Crippen LogP contribution in [-0.2, 0) is 11.3 Å². The van der Waals surface area contributed by atoms with Crippen LogP contribution < -0.4 is 10.9 Å². The Labute approximate surface area is 181 Å². The Morgan fingerprint density at radius 2 is 1.90 bits per heavy atom. The minimum atomic E-state index is -0.290. The van der Waals surface area contributed by atoms with Crippen LogP contribution in [0.25, 0.3) is 16.7 Å². The van der Waals surface area contributed by atoms with E-state index in [2.05, 4.69) is 15.4 Å². The van der Waals surface area contributed by atoms with Crippen molar-refractivity contribution < 1.29 is 4.79 Å². The summed E-state index contributed by atoms with van der Waals surface area (Å²) in [5, 5.41) is 8.24. The van der Waals surface area contributed by atoms with E-state index < -0.39 is 0 Å². The normalized spacial score (nSPS) is 11.0. The molecular weight excluding hydrogens is 425 g/mol. The zero-order valence-corrected chi connectivity index (χ0v) is 17.5. The van der Waals surface area contributed by atoms with Gasteiger partial charge in [-0.1, -0.05) is 40.9 Å². The number of nitrogens with zero attached hydrogens (tertiary/aromatic N) is 4. The molecule has 1 amide bonds. The van der Waals surface area contributed by atoms with Crippen LogP contribution in [0.2, 0.25) is 10.0 Å². The molecule has 2 heterocycles. The minimum Gasteiger partial charge on any atom is -0.325 e. The van der Waals surface area contributed by atoms with Crippen molar-refractivity contribution in [2.75, 3.05) is 5.32 Å². The predicted octanol–water partition coefficient (Wildman–Crippen LogP) is 4.23. The molecule has 0 radical (unpaired) electrons. The average molecular weight is 442 g/mol. The number of aromatic nitrogens is 4. The van der Waals surface area contributed by atoms with E-state index in [0.29, 0.717) is 26.8 Å². The number of nitrogens with one attached hydrogen (secondary N) is 1. The summed E-state index contributed by atoms with van der Waals surface area (Å²) < 4.78 is 3.01. The molecule has 9 heteroatoms. The van der Waals surface area contributed by atoms with Gasteiger partial charge in [-0.15, -0.1) is 0 Å². The van der Waals surface area contributed by atoms with Gasteiger partial charge in [0, 0.05) is 18.0 Å². The maximum absolute atomic E-state index is 12.8. The Hall–Kier alpha value is -3.16. The van der Waals surface area contributed by atoms with E-state index in [9.17, 15) is 9.59 Å². The Bertz CT molecular complexity index is 1300. The lowest BCUT2D eigenvalue weighted by atomic mass is 10.2. The number of halogens is 2. The third kappa shape index (κ3) is 4.08. The molecule has 0 bridgehead atoms. The van der Waals surface area contributed by atoms with Gasteiger partial charge in [-0.05, 0) is 37.3 Å². The molecule has 1 N–H and O–H groups in total. The molecule has 0 atom stereocenters. The third-order valence-electron chi connectivity index (χ3n) is 4.62.